The van der Waals surface area contributed by atoms with Gasteiger partial charge in [0.15, 0.2) is 0 Å². The molecule has 1 N–H and O–H groups in total. The van der Waals surface area contributed by atoms with Crippen LogP contribution in [0.4, 0.5) is 0 Å². The minimum atomic E-state index is -0.783. The molecule has 0 aliphatic carbocycles. The summed E-state index contributed by atoms with van der Waals surface area (Å²) < 4.78 is 1.84. The first kappa shape index (κ1) is 10.7. The number of nitrogens with zero attached hydrogens (tertiary/aromatic N) is 2. The molecule has 16 heavy (non-hydrogen) atoms. The van der Waals surface area contributed by atoms with Crippen molar-refractivity contribution in [3.8, 4) is 0 Å². The highest BCUT2D eigenvalue weighted by Crippen LogP contribution is 2.24. The van der Waals surface area contributed by atoms with E-state index in [1.54, 1.807) is 12.5 Å². The van der Waals surface area contributed by atoms with E-state index in [1.165, 1.54) is 0 Å². The quantitative estimate of drug-likeness (QED) is 0.858. The standard InChI is InChI=1S/C12H14N2O2/c1-8(2)11(12(15)16)9-3-4-10-5-13-7-14(10)6-9/h3-8,11H,1-2H3,(H,15,16). The Hall–Kier alpha value is -1.84. The SMILES string of the molecule is CC(C)C(C(=O)O)c1ccc2cncn2c1. The molecule has 0 spiro atoms. The van der Waals surface area contributed by atoms with Crippen molar-refractivity contribution in [1.82, 2.24) is 9.38 Å². The Balaban J connectivity index is 2.48. The van der Waals surface area contributed by atoms with Gasteiger partial charge < -0.3 is 9.51 Å². The normalized spacial score (nSPS) is 13.2. The summed E-state index contributed by atoms with van der Waals surface area (Å²) in [6.45, 7) is 3.83. The monoisotopic (exact) mass is 218 g/mol. The van der Waals surface area contributed by atoms with E-state index < -0.39 is 11.9 Å². The van der Waals surface area contributed by atoms with E-state index in [1.807, 2.05) is 36.6 Å². The maximum absolute atomic E-state index is 11.2. The highest BCUT2D eigenvalue weighted by Gasteiger charge is 2.23. The Labute approximate surface area is 93.5 Å². The number of rotatable bonds is 3. The lowest BCUT2D eigenvalue weighted by molar-refractivity contribution is -0.139. The van der Waals surface area contributed by atoms with Crippen molar-refractivity contribution in [2.24, 2.45) is 5.92 Å². The highest BCUT2D eigenvalue weighted by atomic mass is 16.4. The van der Waals surface area contributed by atoms with Gasteiger partial charge >= 0.3 is 5.97 Å². The molecule has 1 atom stereocenters. The molecule has 0 aliphatic heterocycles. The largest absolute Gasteiger partial charge is 0.481 e. The van der Waals surface area contributed by atoms with Gasteiger partial charge in [0.25, 0.3) is 0 Å². The van der Waals surface area contributed by atoms with E-state index in [-0.39, 0.29) is 5.92 Å². The second-order valence-electron chi connectivity index (χ2n) is 4.25. The maximum atomic E-state index is 11.2. The van der Waals surface area contributed by atoms with Crippen molar-refractivity contribution in [1.29, 1.82) is 0 Å². The van der Waals surface area contributed by atoms with Gasteiger partial charge in [-0.2, -0.15) is 0 Å². The van der Waals surface area contributed by atoms with Crippen molar-refractivity contribution < 1.29 is 9.90 Å². The molecule has 0 aromatic carbocycles. The average molecular weight is 218 g/mol. The summed E-state index contributed by atoms with van der Waals surface area (Å²) in [7, 11) is 0. The molecular weight excluding hydrogens is 204 g/mol. The number of aromatic nitrogens is 2. The van der Waals surface area contributed by atoms with E-state index in [0.717, 1.165) is 11.1 Å². The summed E-state index contributed by atoms with van der Waals surface area (Å²) in [5, 5.41) is 9.19. The molecule has 0 saturated heterocycles. The fourth-order valence-corrected chi connectivity index (χ4v) is 1.93. The molecule has 2 rings (SSSR count). The first-order valence-electron chi connectivity index (χ1n) is 5.24. The van der Waals surface area contributed by atoms with Crippen LogP contribution in [0.15, 0.2) is 30.9 Å². The fraction of sp³-hybridized carbons (Fsp3) is 0.333. The van der Waals surface area contributed by atoms with Crippen LogP contribution in [-0.4, -0.2) is 20.5 Å². The van der Waals surface area contributed by atoms with E-state index in [4.69, 9.17) is 0 Å². The smallest absolute Gasteiger partial charge is 0.311 e. The summed E-state index contributed by atoms with van der Waals surface area (Å²) in [5.41, 5.74) is 1.78. The molecule has 4 nitrogen and oxygen atoms in total. The Morgan fingerprint density at radius 1 is 1.44 bits per heavy atom. The minimum absolute atomic E-state index is 0.0680. The highest BCUT2D eigenvalue weighted by molar-refractivity contribution is 5.76. The number of carboxylic acid groups (broad SMARTS) is 1. The number of aliphatic carboxylic acids is 1. The molecule has 0 radical (unpaired) electrons. The Morgan fingerprint density at radius 2 is 2.19 bits per heavy atom. The van der Waals surface area contributed by atoms with Crippen molar-refractivity contribution >= 4 is 11.5 Å². The number of carbonyl (C=O) groups is 1. The lowest BCUT2D eigenvalue weighted by atomic mass is 9.89. The van der Waals surface area contributed by atoms with Crippen molar-refractivity contribution in [2.45, 2.75) is 19.8 Å². The molecule has 84 valence electrons. The third-order valence-electron chi connectivity index (χ3n) is 2.72. The van der Waals surface area contributed by atoms with Gasteiger partial charge in [0.1, 0.15) is 0 Å². The van der Waals surface area contributed by atoms with Gasteiger partial charge in [-0.15, -0.1) is 0 Å². The van der Waals surface area contributed by atoms with Gasteiger partial charge in [-0.3, -0.25) is 4.79 Å². The Kier molecular flexibility index (Phi) is 2.64. The molecule has 2 heterocycles. The molecule has 1 unspecified atom stereocenters. The molecule has 0 fully saturated rings. The van der Waals surface area contributed by atoms with Gasteiger partial charge in [-0.1, -0.05) is 19.9 Å². The molecule has 4 heteroatoms. The van der Waals surface area contributed by atoms with Crippen LogP contribution in [0.2, 0.25) is 0 Å². The lowest BCUT2D eigenvalue weighted by Crippen LogP contribution is -2.17. The molecule has 2 aromatic rings. The number of hydrogen-bond donors (Lipinski definition) is 1. The molecule has 0 amide bonds. The van der Waals surface area contributed by atoms with Gasteiger partial charge in [0.05, 0.1) is 24.0 Å². The average Bonchev–Trinajstić information content (AvgIpc) is 2.63. The third kappa shape index (κ3) is 1.78. The van der Waals surface area contributed by atoms with E-state index >= 15 is 0 Å². The molecular formula is C12H14N2O2. The van der Waals surface area contributed by atoms with Crippen molar-refractivity contribution in [3.05, 3.63) is 36.4 Å². The van der Waals surface area contributed by atoms with Crippen molar-refractivity contribution in [3.63, 3.8) is 0 Å². The van der Waals surface area contributed by atoms with Crippen molar-refractivity contribution in [2.75, 3.05) is 0 Å². The predicted molar refractivity (Wildman–Crippen MR) is 60.4 cm³/mol. The third-order valence-corrected chi connectivity index (χ3v) is 2.72. The number of hydrogen-bond acceptors (Lipinski definition) is 2. The van der Waals surface area contributed by atoms with E-state index in [9.17, 15) is 9.90 Å². The molecule has 0 saturated carbocycles. The topological polar surface area (TPSA) is 54.6 Å². The number of carboxylic acids is 1. The number of fused-ring (bicyclic) bond motifs is 1. The molecule has 0 bridgehead atoms. The van der Waals surface area contributed by atoms with Crippen LogP contribution in [-0.2, 0) is 4.79 Å². The fourth-order valence-electron chi connectivity index (χ4n) is 1.93. The van der Waals surface area contributed by atoms with Crippen LogP contribution in [0.1, 0.15) is 25.3 Å². The summed E-state index contributed by atoms with van der Waals surface area (Å²) in [6, 6.07) is 3.75. The molecule has 0 aliphatic rings. The second kappa shape index (κ2) is 3.96. The van der Waals surface area contributed by atoms with Gasteiger partial charge in [-0.25, -0.2) is 4.98 Å². The zero-order valence-corrected chi connectivity index (χ0v) is 9.29. The van der Waals surface area contributed by atoms with Gasteiger partial charge in [-0.05, 0) is 17.5 Å². The van der Waals surface area contributed by atoms with Gasteiger partial charge in [0, 0.05) is 6.20 Å². The van der Waals surface area contributed by atoms with E-state index in [2.05, 4.69) is 4.98 Å². The summed E-state index contributed by atoms with van der Waals surface area (Å²) in [4.78, 5) is 15.2. The second-order valence-corrected chi connectivity index (χ2v) is 4.25. The maximum Gasteiger partial charge on any atom is 0.311 e. The Bertz CT molecular complexity index is 516. The Morgan fingerprint density at radius 3 is 2.81 bits per heavy atom. The first-order valence-corrected chi connectivity index (χ1v) is 5.24. The summed E-state index contributed by atoms with van der Waals surface area (Å²) >= 11 is 0. The summed E-state index contributed by atoms with van der Waals surface area (Å²) in [6.07, 6.45) is 5.26. The summed E-state index contributed by atoms with van der Waals surface area (Å²) in [5.74, 6) is -1.18. The van der Waals surface area contributed by atoms with E-state index in [0.29, 0.717) is 0 Å². The van der Waals surface area contributed by atoms with Crippen LogP contribution in [0.3, 0.4) is 0 Å². The number of imidazole rings is 1. The molecule has 2 aromatic heterocycles. The first-order chi connectivity index (χ1) is 7.59. The van der Waals surface area contributed by atoms with Crippen LogP contribution in [0.25, 0.3) is 5.52 Å². The number of pyridine rings is 1. The zero-order chi connectivity index (χ0) is 11.7. The van der Waals surface area contributed by atoms with Crippen LogP contribution < -0.4 is 0 Å². The van der Waals surface area contributed by atoms with Crippen LogP contribution in [0.5, 0.6) is 0 Å². The van der Waals surface area contributed by atoms with Crippen LogP contribution in [0, 0.1) is 5.92 Å². The van der Waals surface area contributed by atoms with Crippen LogP contribution >= 0.6 is 0 Å². The van der Waals surface area contributed by atoms with Gasteiger partial charge in [0.2, 0.25) is 0 Å². The predicted octanol–water partition coefficient (Wildman–Crippen LogP) is 2.16. The zero-order valence-electron chi connectivity index (χ0n) is 9.29. The lowest BCUT2D eigenvalue weighted by Gasteiger charge is -2.16. The minimum Gasteiger partial charge on any atom is -0.481 e.